The fourth-order valence-electron chi connectivity index (χ4n) is 2.46. The first-order valence-corrected chi connectivity index (χ1v) is 8.38. The molecule has 0 bridgehead atoms. The van der Waals surface area contributed by atoms with Gasteiger partial charge in [-0.25, -0.2) is 4.79 Å². The van der Waals surface area contributed by atoms with Gasteiger partial charge in [0.1, 0.15) is 0 Å². The maximum Gasteiger partial charge on any atom is 0.321 e. The van der Waals surface area contributed by atoms with Crippen LogP contribution in [-0.2, 0) is 11.2 Å². The molecule has 1 aliphatic heterocycles. The molecular weight excluding hydrogens is 288 g/mol. The van der Waals surface area contributed by atoms with Gasteiger partial charge in [-0.1, -0.05) is 18.2 Å². The Labute approximate surface area is 128 Å². The fourth-order valence-corrected chi connectivity index (χ4v) is 2.89. The summed E-state index contributed by atoms with van der Waals surface area (Å²) in [5, 5.41) is 12.1. The Morgan fingerprint density at radius 3 is 2.90 bits per heavy atom. The van der Waals surface area contributed by atoms with Crippen molar-refractivity contribution in [1.82, 2.24) is 5.32 Å². The summed E-state index contributed by atoms with van der Waals surface area (Å²) in [6.45, 7) is 0.830. The number of rotatable bonds is 5. The highest BCUT2D eigenvalue weighted by Crippen LogP contribution is 2.29. The molecule has 21 heavy (non-hydrogen) atoms. The number of carbonyl (C=O) groups is 2. The van der Waals surface area contributed by atoms with Crippen LogP contribution in [0.1, 0.15) is 12.0 Å². The third-order valence-corrected chi connectivity index (χ3v) is 4.24. The van der Waals surface area contributed by atoms with Gasteiger partial charge in [0, 0.05) is 18.8 Å². The van der Waals surface area contributed by atoms with Gasteiger partial charge in [-0.3, -0.25) is 9.69 Å². The van der Waals surface area contributed by atoms with E-state index in [1.54, 1.807) is 16.7 Å². The molecule has 0 fully saturated rings. The largest absolute Gasteiger partial charge is 0.481 e. The molecule has 0 radical (unpaired) electrons. The van der Waals surface area contributed by atoms with Crippen LogP contribution in [0, 0.1) is 5.92 Å². The van der Waals surface area contributed by atoms with Gasteiger partial charge < -0.3 is 10.4 Å². The third-order valence-electron chi connectivity index (χ3n) is 3.55. The fraction of sp³-hybridized carbons (Fsp3) is 0.467. The number of hydrogen-bond acceptors (Lipinski definition) is 3. The zero-order valence-electron chi connectivity index (χ0n) is 12.0. The molecule has 2 N–H and O–H groups in total. The third kappa shape index (κ3) is 3.91. The number of thioether (sulfide) groups is 1. The second-order valence-corrected chi connectivity index (χ2v) is 6.04. The molecule has 2 amide bonds. The predicted octanol–water partition coefficient (Wildman–Crippen LogP) is 2.21. The normalized spacial score (nSPS) is 17.2. The molecule has 1 aromatic carbocycles. The lowest BCUT2D eigenvalue weighted by Gasteiger charge is -2.32. The average molecular weight is 308 g/mol. The number of fused-ring (bicyclic) bond motifs is 1. The van der Waals surface area contributed by atoms with Crippen LogP contribution >= 0.6 is 11.8 Å². The van der Waals surface area contributed by atoms with Crippen molar-refractivity contribution >= 4 is 29.4 Å². The van der Waals surface area contributed by atoms with Crippen LogP contribution in [0.5, 0.6) is 0 Å². The molecule has 0 aliphatic carbocycles. The first-order chi connectivity index (χ1) is 10.1. The zero-order valence-corrected chi connectivity index (χ0v) is 12.9. The van der Waals surface area contributed by atoms with Gasteiger partial charge in [-0.05, 0) is 36.5 Å². The number of urea groups is 1. The number of para-hydroxylation sites is 1. The number of nitrogens with one attached hydrogen (secondary N) is 1. The highest BCUT2D eigenvalue weighted by Gasteiger charge is 2.31. The van der Waals surface area contributed by atoms with Gasteiger partial charge >= 0.3 is 12.0 Å². The lowest BCUT2D eigenvalue weighted by Crippen LogP contribution is -2.47. The molecule has 0 saturated carbocycles. The summed E-state index contributed by atoms with van der Waals surface area (Å²) in [6.07, 6.45) is 3.41. The Bertz CT molecular complexity index is 521. The van der Waals surface area contributed by atoms with Gasteiger partial charge in [0.25, 0.3) is 0 Å². The van der Waals surface area contributed by atoms with E-state index >= 15 is 0 Å². The Morgan fingerprint density at radius 1 is 1.43 bits per heavy atom. The molecule has 0 aromatic heterocycles. The molecule has 0 saturated heterocycles. The van der Waals surface area contributed by atoms with Gasteiger partial charge in [0.05, 0.1) is 5.92 Å². The van der Waals surface area contributed by atoms with Crippen molar-refractivity contribution in [3.05, 3.63) is 29.8 Å². The molecule has 0 spiro atoms. The van der Waals surface area contributed by atoms with Gasteiger partial charge in [0.15, 0.2) is 0 Å². The van der Waals surface area contributed by atoms with Gasteiger partial charge in [0.2, 0.25) is 0 Å². The maximum absolute atomic E-state index is 12.3. The predicted molar refractivity (Wildman–Crippen MR) is 85.0 cm³/mol. The molecule has 1 unspecified atom stereocenters. The Morgan fingerprint density at radius 2 is 2.19 bits per heavy atom. The molecular formula is C15H20N2O3S. The standard InChI is InChI=1S/C15H20N2O3S/c1-21-8-4-7-16-15(20)17-10-12(14(18)19)9-11-5-2-3-6-13(11)17/h2-3,5-6,12H,4,7-10H2,1H3,(H,16,20)(H,18,19). The molecule has 1 aliphatic rings. The summed E-state index contributed by atoms with van der Waals surface area (Å²) in [7, 11) is 0. The van der Waals surface area contributed by atoms with E-state index in [0.29, 0.717) is 13.0 Å². The van der Waals surface area contributed by atoms with Crippen LogP contribution < -0.4 is 10.2 Å². The number of anilines is 1. The molecule has 6 heteroatoms. The quantitative estimate of drug-likeness (QED) is 0.818. The van der Waals surface area contributed by atoms with Gasteiger partial charge in [-0.15, -0.1) is 0 Å². The van der Waals surface area contributed by atoms with E-state index in [0.717, 1.165) is 23.4 Å². The second-order valence-electron chi connectivity index (χ2n) is 5.06. The van der Waals surface area contributed by atoms with Crippen LogP contribution in [-0.4, -0.2) is 42.2 Å². The average Bonchev–Trinajstić information content (AvgIpc) is 2.50. The van der Waals surface area contributed by atoms with E-state index in [1.807, 2.05) is 30.5 Å². The number of aliphatic carboxylic acids is 1. The Balaban J connectivity index is 2.09. The minimum absolute atomic E-state index is 0.213. The van der Waals surface area contributed by atoms with E-state index in [4.69, 9.17) is 0 Å². The summed E-state index contributed by atoms with van der Waals surface area (Å²) in [6, 6.07) is 7.29. The number of hydrogen-bond donors (Lipinski definition) is 2. The van der Waals surface area contributed by atoms with E-state index in [9.17, 15) is 14.7 Å². The minimum Gasteiger partial charge on any atom is -0.481 e. The van der Waals surface area contributed by atoms with Gasteiger partial charge in [-0.2, -0.15) is 11.8 Å². The number of benzene rings is 1. The summed E-state index contributed by atoms with van der Waals surface area (Å²) in [5.41, 5.74) is 1.73. The Kier molecular flexibility index (Phi) is 5.50. The first kappa shape index (κ1) is 15.7. The van der Waals surface area contributed by atoms with Crippen molar-refractivity contribution in [2.24, 2.45) is 5.92 Å². The van der Waals surface area contributed by atoms with Crippen LogP contribution in [0.15, 0.2) is 24.3 Å². The Hall–Kier alpha value is -1.69. The van der Waals surface area contributed by atoms with Crippen molar-refractivity contribution in [2.75, 3.05) is 30.0 Å². The lowest BCUT2D eigenvalue weighted by molar-refractivity contribution is -0.141. The number of nitrogens with zero attached hydrogens (tertiary/aromatic N) is 1. The first-order valence-electron chi connectivity index (χ1n) is 6.98. The number of carbonyl (C=O) groups excluding carboxylic acids is 1. The van der Waals surface area contributed by atoms with Crippen molar-refractivity contribution in [3.63, 3.8) is 0 Å². The topological polar surface area (TPSA) is 69.6 Å². The number of carboxylic acid groups (broad SMARTS) is 1. The molecule has 2 rings (SSSR count). The molecule has 1 heterocycles. The van der Waals surface area contributed by atoms with E-state index < -0.39 is 11.9 Å². The van der Waals surface area contributed by atoms with Crippen molar-refractivity contribution < 1.29 is 14.7 Å². The molecule has 1 aromatic rings. The van der Waals surface area contributed by atoms with Crippen molar-refractivity contribution in [2.45, 2.75) is 12.8 Å². The lowest BCUT2D eigenvalue weighted by atomic mass is 9.93. The van der Waals surface area contributed by atoms with Crippen molar-refractivity contribution in [3.8, 4) is 0 Å². The van der Waals surface area contributed by atoms with Crippen LogP contribution in [0.3, 0.4) is 0 Å². The summed E-state index contributed by atoms with van der Waals surface area (Å²) in [4.78, 5) is 25.1. The molecule has 114 valence electrons. The summed E-state index contributed by atoms with van der Waals surface area (Å²) < 4.78 is 0. The molecule has 1 atom stereocenters. The second kappa shape index (κ2) is 7.36. The SMILES string of the molecule is CSCCCNC(=O)N1CC(C(=O)O)Cc2ccccc21. The molecule has 5 nitrogen and oxygen atoms in total. The van der Waals surface area contributed by atoms with E-state index in [2.05, 4.69) is 5.32 Å². The van der Waals surface area contributed by atoms with E-state index in [-0.39, 0.29) is 12.6 Å². The minimum atomic E-state index is -0.857. The smallest absolute Gasteiger partial charge is 0.321 e. The monoisotopic (exact) mass is 308 g/mol. The van der Waals surface area contributed by atoms with Crippen LogP contribution in [0.25, 0.3) is 0 Å². The zero-order chi connectivity index (χ0) is 15.2. The highest BCUT2D eigenvalue weighted by molar-refractivity contribution is 7.98. The van der Waals surface area contributed by atoms with Crippen molar-refractivity contribution in [1.29, 1.82) is 0 Å². The van der Waals surface area contributed by atoms with Crippen LogP contribution in [0.2, 0.25) is 0 Å². The summed E-state index contributed by atoms with van der Waals surface area (Å²) in [5.74, 6) is -0.407. The number of amides is 2. The highest BCUT2D eigenvalue weighted by atomic mass is 32.2. The van der Waals surface area contributed by atoms with E-state index in [1.165, 1.54) is 0 Å². The maximum atomic E-state index is 12.3. The summed E-state index contributed by atoms with van der Waals surface area (Å²) >= 11 is 1.74. The number of carboxylic acids is 1. The van der Waals surface area contributed by atoms with Crippen LogP contribution in [0.4, 0.5) is 10.5 Å².